The molecular weight excluding hydrogens is 224 g/mol. The molecule has 0 saturated carbocycles. The molecule has 0 aliphatic carbocycles. The SMILES string of the molecule is CCCNCCNCCCOc1cccc(C)c1. The van der Waals surface area contributed by atoms with E-state index in [0.29, 0.717) is 0 Å². The van der Waals surface area contributed by atoms with Gasteiger partial charge in [-0.25, -0.2) is 0 Å². The summed E-state index contributed by atoms with van der Waals surface area (Å²) in [5.41, 5.74) is 1.24. The number of benzene rings is 1. The molecule has 0 bridgehead atoms. The Morgan fingerprint density at radius 3 is 2.56 bits per heavy atom. The molecule has 3 heteroatoms. The van der Waals surface area contributed by atoms with Gasteiger partial charge in [-0.15, -0.1) is 0 Å². The minimum atomic E-state index is 0.777. The van der Waals surface area contributed by atoms with Crippen molar-refractivity contribution >= 4 is 0 Å². The fourth-order valence-corrected chi connectivity index (χ4v) is 1.70. The van der Waals surface area contributed by atoms with Crippen molar-refractivity contribution in [2.24, 2.45) is 0 Å². The number of ether oxygens (including phenoxy) is 1. The number of hydrogen-bond donors (Lipinski definition) is 2. The minimum Gasteiger partial charge on any atom is -0.494 e. The Hall–Kier alpha value is -1.06. The maximum atomic E-state index is 5.68. The summed E-state index contributed by atoms with van der Waals surface area (Å²) in [5.74, 6) is 0.972. The molecule has 1 rings (SSSR count). The summed E-state index contributed by atoms with van der Waals surface area (Å²) in [6.07, 6.45) is 2.24. The molecule has 0 aliphatic rings. The van der Waals surface area contributed by atoms with Crippen LogP contribution in [0.15, 0.2) is 24.3 Å². The van der Waals surface area contributed by atoms with E-state index in [4.69, 9.17) is 4.74 Å². The van der Waals surface area contributed by atoms with Crippen molar-refractivity contribution in [3.63, 3.8) is 0 Å². The number of rotatable bonds is 10. The van der Waals surface area contributed by atoms with Crippen molar-refractivity contribution in [3.05, 3.63) is 29.8 Å². The van der Waals surface area contributed by atoms with Gasteiger partial charge in [-0.2, -0.15) is 0 Å². The van der Waals surface area contributed by atoms with E-state index in [1.165, 1.54) is 12.0 Å². The lowest BCUT2D eigenvalue weighted by Crippen LogP contribution is -2.28. The third-order valence-electron chi connectivity index (χ3n) is 2.66. The Labute approximate surface area is 111 Å². The van der Waals surface area contributed by atoms with Gasteiger partial charge in [-0.3, -0.25) is 0 Å². The van der Waals surface area contributed by atoms with Crippen LogP contribution in [0.5, 0.6) is 5.75 Å². The van der Waals surface area contributed by atoms with Crippen LogP contribution in [0, 0.1) is 6.92 Å². The predicted octanol–water partition coefficient (Wildman–Crippen LogP) is 2.35. The van der Waals surface area contributed by atoms with Gasteiger partial charge in [0.15, 0.2) is 0 Å². The predicted molar refractivity (Wildman–Crippen MR) is 77.3 cm³/mol. The van der Waals surface area contributed by atoms with Gasteiger partial charge in [0, 0.05) is 13.1 Å². The van der Waals surface area contributed by atoms with Crippen LogP contribution in [0.2, 0.25) is 0 Å². The summed E-state index contributed by atoms with van der Waals surface area (Å²) in [6, 6.07) is 8.19. The summed E-state index contributed by atoms with van der Waals surface area (Å²) in [4.78, 5) is 0. The fraction of sp³-hybridized carbons (Fsp3) is 0.600. The molecule has 0 fully saturated rings. The second kappa shape index (κ2) is 9.92. The van der Waals surface area contributed by atoms with Gasteiger partial charge in [0.25, 0.3) is 0 Å². The molecule has 0 aromatic heterocycles. The highest BCUT2D eigenvalue weighted by atomic mass is 16.5. The standard InChI is InChI=1S/C15H26N2O/c1-3-8-16-10-11-17-9-5-12-18-15-7-4-6-14(2)13-15/h4,6-7,13,16-17H,3,5,8-12H2,1-2H3. The van der Waals surface area contributed by atoms with E-state index in [-0.39, 0.29) is 0 Å². The molecule has 0 saturated heterocycles. The number of nitrogens with one attached hydrogen (secondary N) is 2. The van der Waals surface area contributed by atoms with Crippen LogP contribution in [0.3, 0.4) is 0 Å². The van der Waals surface area contributed by atoms with Gasteiger partial charge in [0.2, 0.25) is 0 Å². The van der Waals surface area contributed by atoms with E-state index in [0.717, 1.165) is 45.0 Å². The van der Waals surface area contributed by atoms with E-state index in [2.05, 4.69) is 36.6 Å². The second-order valence-electron chi connectivity index (χ2n) is 4.52. The van der Waals surface area contributed by atoms with Crippen LogP contribution < -0.4 is 15.4 Å². The first-order valence-corrected chi connectivity index (χ1v) is 6.94. The quantitative estimate of drug-likeness (QED) is 0.625. The van der Waals surface area contributed by atoms with Gasteiger partial charge < -0.3 is 15.4 Å². The Morgan fingerprint density at radius 1 is 1.06 bits per heavy atom. The van der Waals surface area contributed by atoms with Gasteiger partial charge >= 0.3 is 0 Å². The molecule has 2 N–H and O–H groups in total. The maximum absolute atomic E-state index is 5.68. The normalized spacial score (nSPS) is 10.6. The van der Waals surface area contributed by atoms with Crippen LogP contribution in [0.4, 0.5) is 0 Å². The monoisotopic (exact) mass is 250 g/mol. The molecule has 18 heavy (non-hydrogen) atoms. The highest BCUT2D eigenvalue weighted by Crippen LogP contribution is 2.12. The highest BCUT2D eigenvalue weighted by molar-refractivity contribution is 5.27. The molecule has 1 aromatic rings. The summed E-state index contributed by atoms with van der Waals surface area (Å²) < 4.78 is 5.68. The zero-order valence-corrected chi connectivity index (χ0v) is 11.7. The molecule has 0 radical (unpaired) electrons. The Morgan fingerprint density at radius 2 is 1.83 bits per heavy atom. The van der Waals surface area contributed by atoms with Crippen molar-refractivity contribution in [2.75, 3.05) is 32.8 Å². The minimum absolute atomic E-state index is 0.777. The van der Waals surface area contributed by atoms with Crippen LogP contribution in [-0.4, -0.2) is 32.8 Å². The first-order valence-electron chi connectivity index (χ1n) is 6.94. The average Bonchev–Trinajstić information content (AvgIpc) is 2.37. The molecule has 0 heterocycles. The van der Waals surface area contributed by atoms with Gasteiger partial charge in [-0.05, 0) is 50.6 Å². The van der Waals surface area contributed by atoms with E-state index in [1.807, 2.05) is 12.1 Å². The fourth-order valence-electron chi connectivity index (χ4n) is 1.70. The van der Waals surface area contributed by atoms with Crippen molar-refractivity contribution in [1.82, 2.24) is 10.6 Å². The lowest BCUT2D eigenvalue weighted by Gasteiger charge is -2.08. The molecule has 0 atom stereocenters. The van der Waals surface area contributed by atoms with Crippen molar-refractivity contribution < 1.29 is 4.74 Å². The Balaban J connectivity index is 1.92. The molecule has 0 unspecified atom stereocenters. The zero-order valence-electron chi connectivity index (χ0n) is 11.7. The molecular formula is C15H26N2O. The Bertz CT molecular complexity index is 315. The van der Waals surface area contributed by atoms with Crippen LogP contribution in [0.1, 0.15) is 25.3 Å². The first-order chi connectivity index (χ1) is 8.83. The summed E-state index contributed by atoms with van der Waals surface area (Å²) in [5, 5.41) is 6.76. The number of hydrogen-bond acceptors (Lipinski definition) is 3. The van der Waals surface area contributed by atoms with Gasteiger partial charge in [0.1, 0.15) is 5.75 Å². The van der Waals surface area contributed by atoms with Crippen molar-refractivity contribution in [3.8, 4) is 5.75 Å². The summed E-state index contributed by atoms with van der Waals surface area (Å²) in [6.45, 7) is 9.24. The zero-order chi connectivity index (χ0) is 13.1. The lowest BCUT2D eigenvalue weighted by atomic mass is 10.2. The molecule has 1 aromatic carbocycles. The van der Waals surface area contributed by atoms with E-state index < -0.39 is 0 Å². The summed E-state index contributed by atoms with van der Waals surface area (Å²) in [7, 11) is 0. The third kappa shape index (κ3) is 7.30. The molecule has 102 valence electrons. The maximum Gasteiger partial charge on any atom is 0.119 e. The first kappa shape index (κ1) is 15.0. The van der Waals surface area contributed by atoms with Gasteiger partial charge in [-0.1, -0.05) is 19.1 Å². The number of aryl methyl sites for hydroxylation is 1. The van der Waals surface area contributed by atoms with Crippen LogP contribution >= 0.6 is 0 Å². The highest BCUT2D eigenvalue weighted by Gasteiger charge is 1.94. The smallest absolute Gasteiger partial charge is 0.119 e. The molecule has 0 spiro atoms. The average molecular weight is 250 g/mol. The molecule has 3 nitrogen and oxygen atoms in total. The van der Waals surface area contributed by atoms with E-state index in [1.54, 1.807) is 0 Å². The lowest BCUT2D eigenvalue weighted by molar-refractivity contribution is 0.308. The van der Waals surface area contributed by atoms with E-state index >= 15 is 0 Å². The molecule has 0 aliphatic heterocycles. The largest absolute Gasteiger partial charge is 0.494 e. The molecule has 0 amide bonds. The van der Waals surface area contributed by atoms with Gasteiger partial charge in [0.05, 0.1) is 6.61 Å². The summed E-state index contributed by atoms with van der Waals surface area (Å²) >= 11 is 0. The third-order valence-corrected chi connectivity index (χ3v) is 2.66. The Kier molecular flexibility index (Phi) is 8.26. The van der Waals surface area contributed by atoms with Crippen LogP contribution in [-0.2, 0) is 0 Å². The van der Waals surface area contributed by atoms with E-state index in [9.17, 15) is 0 Å². The van der Waals surface area contributed by atoms with Crippen molar-refractivity contribution in [2.45, 2.75) is 26.7 Å². The van der Waals surface area contributed by atoms with Crippen molar-refractivity contribution in [1.29, 1.82) is 0 Å². The topological polar surface area (TPSA) is 33.3 Å². The van der Waals surface area contributed by atoms with Crippen LogP contribution in [0.25, 0.3) is 0 Å². The second-order valence-corrected chi connectivity index (χ2v) is 4.52.